The van der Waals surface area contributed by atoms with Gasteiger partial charge < -0.3 is 11.1 Å². The van der Waals surface area contributed by atoms with Gasteiger partial charge in [0.15, 0.2) is 4.99 Å². The van der Waals surface area contributed by atoms with Gasteiger partial charge in [-0.25, -0.2) is 4.98 Å². The number of primary amides is 1. The molecule has 0 saturated carbocycles. The number of hydrogen-bond donors (Lipinski definition) is 2. The van der Waals surface area contributed by atoms with E-state index in [0.29, 0.717) is 5.82 Å². The number of nitrogens with two attached hydrogens (primary N) is 1. The zero-order valence-corrected chi connectivity index (χ0v) is 6.97. The summed E-state index contributed by atoms with van der Waals surface area (Å²) in [6.45, 7) is 0. The van der Waals surface area contributed by atoms with Crippen LogP contribution in [0.25, 0.3) is 0 Å². The van der Waals surface area contributed by atoms with Crippen molar-refractivity contribution in [1.82, 2.24) is 4.98 Å². The summed E-state index contributed by atoms with van der Waals surface area (Å²) in [4.78, 5) is 14.4. The van der Waals surface area contributed by atoms with Gasteiger partial charge in [0.2, 0.25) is 0 Å². The van der Waals surface area contributed by atoms with E-state index >= 15 is 0 Å². The van der Waals surface area contributed by atoms with Crippen LogP contribution in [0.1, 0.15) is 0 Å². The molecule has 0 saturated heterocycles. The maximum absolute atomic E-state index is 10.5. The van der Waals surface area contributed by atoms with E-state index < -0.39 is 5.91 Å². The second kappa shape index (κ2) is 3.77. The molecule has 0 radical (unpaired) electrons. The molecule has 62 valence electrons. The lowest BCUT2D eigenvalue weighted by Gasteiger charge is -2.01. The molecule has 12 heavy (non-hydrogen) atoms. The van der Waals surface area contributed by atoms with Crippen molar-refractivity contribution in [2.24, 2.45) is 5.73 Å². The molecule has 0 fully saturated rings. The monoisotopic (exact) mass is 181 g/mol. The van der Waals surface area contributed by atoms with Crippen molar-refractivity contribution in [2.45, 2.75) is 0 Å². The largest absolute Gasteiger partial charge is 0.364 e. The maximum Gasteiger partial charge on any atom is 0.276 e. The van der Waals surface area contributed by atoms with Gasteiger partial charge in [0, 0.05) is 6.20 Å². The molecule has 1 aromatic rings. The number of nitrogens with one attached hydrogen (secondary N) is 1. The van der Waals surface area contributed by atoms with E-state index in [1.165, 1.54) is 0 Å². The molecule has 0 aliphatic rings. The fraction of sp³-hybridized carbons (Fsp3) is 0. The Bertz CT molecular complexity index is 299. The quantitative estimate of drug-likeness (QED) is 0.612. The molecule has 0 aliphatic heterocycles. The highest BCUT2D eigenvalue weighted by Crippen LogP contribution is 1.99. The van der Waals surface area contributed by atoms with Crippen LogP contribution in [0.15, 0.2) is 24.4 Å². The number of thiocarbonyl (C=S) groups is 1. The molecular formula is C7H7N3OS. The summed E-state index contributed by atoms with van der Waals surface area (Å²) in [5.41, 5.74) is 4.91. The third-order valence-corrected chi connectivity index (χ3v) is 1.43. The lowest BCUT2D eigenvalue weighted by Crippen LogP contribution is -2.28. The summed E-state index contributed by atoms with van der Waals surface area (Å²) in [5, 5.41) is 2.59. The summed E-state index contributed by atoms with van der Waals surface area (Å²) in [6.07, 6.45) is 1.59. The van der Waals surface area contributed by atoms with Crippen molar-refractivity contribution < 1.29 is 4.79 Å². The first-order chi connectivity index (χ1) is 5.70. The van der Waals surface area contributed by atoms with Crippen molar-refractivity contribution in [3.05, 3.63) is 24.4 Å². The SMILES string of the molecule is NC(=O)C(=S)Nc1ccccn1. The van der Waals surface area contributed by atoms with Crippen LogP contribution in [0.2, 0.25) is 0 Å². The zero-order chi connectivity index (χ0) is 8.97. The van der Waals surface area contributed by atoms with Gasteiger partial charge in [-0.15, -0.1) is 0 Å². The number of carbonyl (C=O) groups is 1. The number of nitrogens with zero attached hydrogens (tertiary/aromatic N) is 1. The molecule has 0 spiro atoms. The standard InChI is InChI=1S/C7H7N3OS/c8-6(11)7(12)10-5-3-1-2-4-9-5/h1-4H,(H2,8,11)(H,9,10,12). The van der Waals surface area contributed by atoms with E-state index in [1.807, 2.05) is 0 Å². The Morgan fingerprint density at radius 3 is 2.83 bits per heavy atom. The topological polar surface area (TPSA) is 68.0 Å². The number of anilines is 1. The third-order valence-electron chi connectivity index (χ3n) is 1.13. The molecule has 3 N–H and O–H groups in total. The average Bonchev–Trinajstić information content (AvgIpc) is 2.06. The molecule has 5 heteroatoms. The molecule has 1 heterocycles. The first-order valence-electron chi connectivity index (χ1n) is 3.22. The van der Waals surface area contributed by atoms with Gasteiger partial charge in [0.1, 0.15) is 5.82 Å². The molecule has 4 nitrogen and oxygen atoms in total. The van der Waals surface area contributed by atoms with Crippen LogP contribution in [-0.2, 0) is 4.79 Å². The molecule has 0 bridgehead atoms. The fourth-order valence-electron chi connectivity index (χ4n) is 0.615. The highest BCUT2D eigenvalue weighted by Gasteiger charge is 2.02. The summed E-state index contributed by atoms with van der Waals surface area (Å²) in [6, 6.07) is 5.23. The predicted octanol–water partition coefficient (Wildman–Crippen LogP) is 0.306. The van der Waals surface area contributed by atoms with Crippen LogP contribution in [-0.4, -0.2) is 15.9 Å². The highest BCUT2D eigenvalue weighted by atomic mass is 32.1. The van der Waals surface area contributed by atoms with Gasteiger partial charge >= 0.3 is 0 Å². The average molecular weight is 181 g/mol. The van der Waals surface area contributed by atoms with E-state index in [2.05, 4.69) is 22.5 Å². The Morgan fingerprint density at radius 2 is 2.33 bits per heavy atom. The molecule has 0 aliphatic carbocycles. The lowest BCUT2D eigenvalue weighted by molar-refractivity contribution is -0.111. The van der Waals surface area contributed by atoms with Gasteiger partial charge in [-0.1, -0.05) is 18.3 Å². The van der Waals surface area contributed by atoms with Crippen molar-refractivity contribution in [2.75, 3.05) is 5.32 Å². The Labute approximate surface area is 74.8 Å². The van der Waals surface area contributed by atoms with E-state index in [4.69, 9.17) is 5.73 Å². The Morgan fingerprint density at radius 1 is 1.58 bits per heavy atom. The Hall–Kier alpha value is -1.49. The molecule has 1 aromatic heterocycles. The van der Waals surface area contributed by atoms with E-state index in [9.17, 15) is 4.79 Å². The number of carbonyl (C=O) groups excluding carboxylic acids is 1. The first-order valence-corrected chi connectivity index (χ1v) is 3.63. The lowest BCUT2D eigenvalue weighted by atomic mass is 10.4. The Balaban J connectivity index is 2.65. The molecule has 0 atom stereocenters. The minimum Gasteiger partial charge on any atom is -0.364 e. The van der Waals surface area contributed by atoms with Crippen LogP contribution in [0, 0.1) is 0 Å². The van der Waals surface area contributed by atoms with Crippen LogP contribution < -0.4 is 11.1 Å². The zero-order valence-electron chi connectivity index (χ0n) is 6.15. The predicted molar refractivity (Wildman–Crippen MR) is 49.7 cm³/mol. The summed E-state index contributed by atoms with van der Waals surface area (Å²) in [7, 11) is 0. The highest BCUT2D eigenvalue weighted by molar-refractivity contribution is 7.82. The van der Waals surface area contributed by atoms with Crippen molar-refractivity contribution in [3.63, 3.8) is 0 Å². The minimum atomic E-state index is -0.657. The van der Waals surface area contributed by atoms with Crippen molar-refractivity contribution in [1.29, 1.82) is 0 Å². The first kappa shape index (κ1) is 8.61. The summed E-state index contributed by atoms with van der Waals surface area (Å²) in [5.74, 6) is -0.142. The van der Waals surface area contributed by atoms with E-state index in [-0.39, 0.29) is 4.99 Å². The normalized spacial score (nSPS) is 9.00. The number of aromatic nitrogens is 1. The Kier molecular flexibility index (Phi) is 2.71. The smallest absolute Gasteiger partial charge is 0.276 e. The fourth-order valence-corrected chi connectivity index (χ4v) is 0.719. The molecule has 1 rings (SSSR count). The minimum absolute atomic E-state index is 0.0336. The molecule has 0 aromatic carbocycles. The molecule has 1 amide bonds. The van der Waals surface area contributed by atoms with Gasteiger partial charge in [-0.3, -0.25) is 4.79 Å². The summed E-state index contributed by atoms with van der Waals surface area (Å²) >= 11 is 4.63. The van der Waals surface area contributed by atoms with E-state index in [1.54, 1.807) is 24.4 Å². The number of rotatable bonds is 1. The van der Waals surface area contributed by atoms with Crippen LogP contribution in [0.3, 0.4) is 0 Å². The maximum atomic E-state index is 10.5. The van der Waals surface area contributed by atoms with Crippen molar-refractivity contribution >= 4 is 28.9 Å². The van der Waals surface area contributed by atoms with Gasteiger partial charge in [0.05, 0.1) is 0 Å². The number of hydrogen-bond acceptors (Lipinski definition) is 3. The second-order valence-electron chi connectivity index (χ2n) is 2.03. The van der Waals surface area contributed by atoms with Gasteiger partial charge in [0.25, 0.3) is 5.91 Å². The summed E-state index contributed by atoms with van der Waals surface area (Å²) < 4.78 is 0. The van der Waals surface area contributed by atoms with Gasteiger partial charge in [-0.2, -0.15) is 0 Å². The molecule has 0 unspecified atom stereocenters. The number of pyridine rings is 1. The van der Waals surface area contributed by atoms with E-state index in [0.717, 1.165) is 0 Å². The van der Waals surface area contributed by atoms with Crippen LogP contribution in [0.5, 0.6) is 0 Å². The van der Waals surface area contributed by atoms with Crippen LogP contribution >= 0.6 is 12.2 Å². The van der Waals surface area contributed by atoms with Crippen LogP contribution in [0.4, 0.5) is 5.82 Å². The third kappa shape index (κ3) is 2.28. The van der Waals surface area contributed by atoms with Crippen molar-refractivity contribution in [3.8, 4) is 0 Å². The number of amides is 1. The molecular weight excluding hydrogens is 174 g/mol. The van der Waals surface area contributed by atoms with Gasteiger partial charge in [-0.05, 0) is 12.1 Å². The second-order valence-corrected chi connectivity index (χ2v) is 2.44.